The van der Waals surface area contributed by atoms with Gasteiger partial charge in [-0.3, -0.25) is 4.79 Å². The van der Waals surface area contributed by atoms with Crippen LogP contribution >= 0.6 is 12.2 Å². The second-order valence-corrected chi connectivity index (χ2v) is 4.83. The number of thiocarbonyl (C=S) groups is 1. The average molecular weight is 280 g/mol. The highest BCUT2D eigenvalue weighted by atomic mass is 32.1. The van der Waals surface area contributed by atoms with Crippen molar-refractivity contribution in [2.75, 3.05) is 13.7 Å². The fourth-order valence-electron chi connectivity index (χ4n) is 1.68. The van der Waals surface area contributed by atoms with Gasteiger partial charge >= 0.3 is 0 Å². The molecule has 4 nitrogen and oxygen atoms in total. The third-order valence-corrected chi connectivity index (χ3v) is 2.88. The van der Waals surface area contributed by atoms with Gasteiger partial charge in [0.2, 0.25) is 5.91 Å². The molecule has 1 rings (SSSR count). The minimum absolute atomic E-state index is 0.0172. The van der Waals surface area contributed by atoms with Crippen LogP contribution in [0.1, 0.15) is 24.8 Å². The van der Waals surface area contributed by atoms with Gasteiger partial charge in [-0.2, -0.15) is 0 Å². The number of hydrogen-bond donors (Lipinski definition) is 2. The molecule has 0 aromatic heterocycles. The van der Waals surface area contributed by atoms with Crippen molar-refractivity contribution < 1.29 is 9.53 Å². The molecule has 0 aliphatic rings. The topological polar surface area (TPSA) is 64.3 Å². The van der Waals surface area contributed by atoms with Gasteiger partial charge in [0.1, 0.15) is 5.75 Å². The molecule has 0 aliphatic carbocycles. The lowest BCUT2D eigenvalue weighted by Crippen LogP contribution is -2.26. The summed E-state index contributed by atoms with van der Waals surface area (Å²) in [5, 5.41) is 2.88. The molecular weight excluding hydrogens is 260 g/mol. The number of nitrogens with one attached hydrogen (secondary N) is 1. The van der Waals surface area contributed by atoms with E-state index in [2.05, 4.69) is 5.32 Å². The number of ether oxygens (including phenoxy) is 1. The second kappa shape index (κ2) is 8.48. The Morgan fingerprint density at radius 2 is 2.21 bits per heavy atom. The minimum Gasteiger partial charge on any atom is -0.497 e. The van der Waals surface area contributed by atoms with Gasteiger partial charge in [0.05, 0.1) is 18.5 Å². The summed E-state index contributed by atoms with van der Waals surface area (Å²) in [5.41, 5.74) is 6.34. The summed E-state index contributed by atoms with van der Waals surface area (Å²) < 4.78 is 5.12. The molecule has 0 fully saturated rings. The Labute approximate surface area is 119 Å². The fourth-order valence-corrected chi connectivity index (χ4v) is 1.83. The Morgan fingerprint density at radius 3 is 2.89 bits per heavy atom. The zero-order valence-corrected chi connectivity index (χ0v) is 12.0. The van der Waals surface area contributed by atoms with Gasteiger partial charge < -0.3 is 15.8 Å². The van der Waals surface area contributed by atoms with Crippen molar-refractivity contribution >= 4 is 23.1 Å². The number of hydrogen-bond acceptors (Lipinski definition) is 3. The Kier molecular flexibility index (Phi) is 6.89. The van der Waals surface area contributed by atoms with Crippen molar-refractivity contribution in [2.24, 2.45) is 5.73 Å². The van der Waals surface area contributed by atoms with Gasteiger partial charge in [-0.15, -0.1) is 0 Å². The van der Waals surface area contributed by atoms with E-state index in [4.69, 9.17) is 22.7 Å². The molecule has 0 aliphatic heterocycles. The highest BCUT2D eigenvalue weighted by Crippen LogP contribution is 2.12. The van der Waals surface area contributed by atoms with E-state index in [1.165, 1.54) is 0 Å². The second-order valence-electron chi connectivity index (χ2n) is 4.30. The van der Waals surface area contributed by atoms with E-state index in [9.17, 15) is 4.79 Å². The van der Waals surface area contributed by atoms with Crippen molar-refractivity contribution in [1.82, 2.24) is 5.32 Å². The number of nitrogens with two attached hydrogens (primary N) is 1. The first kappa shape index (κ1) is 15.4. The van der Waals surface area contributed by atoms with E-state index in [1.54, 1.807) is 7.11 Å². The summed E-state index contributed by atoms with van der Waals surface area (Å²) in [6.45, 7) is 0.658. The first-order chi connectivity index (χ1) is 9.11. The van der Waals surface area contributed by atoms with Crippen LogP contribution in [0.15, 0.2) is 24.3 Å². The largest absolute Gasteiger partial charge is 0.497 e. The first-order valence-electron chi connectivity index (χ1n) is 6.29. The van der Waals surface area contributed by atoms with Crippen molar-refractivity contribution in [3.8, 4) is 5.75 Å². The maximum Gasteiger partial charge on any atom is 0.224 e. The predicted molar refractivity (Wildman–Crippen MR) is 80.3 cm³/mol. The smallest absolute Gasteiger partial charge is 0.224 e. The summed E-state index contributed by atoms with van der Waals surface area (Å²) in [4.78, 5) is 12.2. The molecule has 1 amide bonds. The SMILES string of the molecule is COc1cccc(CC(=O)NCCCCC(N)=S)c1. The molecule has 1 aromatic rings. The van der Waals surface area contributed by atoms with Gasteiger partial charge in [-0.25, -0.2) is 0 Å². The number of unbranched alkanes of at least 4 members (excludes halogenated alkanes) is 1. The summed E-state index contributed by atoms with van der Waals surface area (Å²) in [6, 6.07) is 7.52. The minimum atomic E-state index is 0.0172. The van der Waals surface area contributed by atoms with Crippen LogP contribution in [-0.4, -0.2) is 24.6 Å². The third-order valence-electron chi connectivity index (χ3n) is 2.67. The van der Waals surface area contributed by atoms with Gasteiger partial charge in [-0.05, 0) is 37.0 Å². The number of benzene rings is 1. The summed E-state index contributed by atoms with van der Waals surface area (Å²) >= 11 is 4.79. The molecular formula is C14H20N2O2S. The maximum atomic E-state index is 11.7. The van der Waals surface area contributed by atoms with Crippen LogP contribution in [0.4, 0.5) is 0 Å². The number of carbonyl (C=O) groups excluding carboxylic acids is 1. The molecule has 19 heavy (non-hydrogen) atoms. The Balaban J connectivity index is 2.25. The van der Waals surface area contributed by atoms with Crippen LogP contribution in [-0.2, 0) is 11.2 Å². The van der Waals surface area contributed by atoms with E-state index in [-0.39, 0.29) is 5.91 Å². The van der Waals surface area contributed by atoms with E-state index in [1.807, 2.05) is 24.3 Å². The molecule has 3 N–H and O–H groups in total. The highest BCUT2D eigenvalue weighted by Gasteiger charge is 2.03. The van der Waals surface area contributed by atoms with Crippen molar-refractivity contribution in [2.45, 2.75) is 25.7 Å². The zero-order valence-electron chi connectivity index (χ0n) is 11.1. The molecule has 0 saturated heterocycles. The lowest BCUT2D eigenvalue weighted by atomic mass is 10.1. The van der Waals surface area contributed by atoms with Crippen LogP contribution in [0.5, 0.6) is 5.75 Å². The predicted octanol–water partition coefficient (Wildman–Crippen LogP) is 1.81. The van der Waals surface area contributed by atoms with Crippen molar-refractivity contribution in [1.29, 1.82) is 0 Å². The molecule has 1 aromatic carbocycles. The van der Waals surface area contributed by atoms with E-state index in [0.29, 0.717) is 18.0 Å². The lowest BCUT2D eigenvalue weighted by molar-refractivity contribution is -0.120. The molecule has 104 valence electrons. The van der Waals surface area contributed by atoms with E-state index >= 15 is 0 Å². The Bertz CT molecular complexity index is 435. The zero-order chi connectivity index (χ0) is 14.1. The molecule has 0 bridgehead atoms. The molecule has 0 atom stereocenters. The lowest BCUT2D eigenvalue weighted by Gasteiger charge is -2.06. The normalized spacial score (nSPS) is 9.95. The van der Waals surface area contributed by atoms with Gasteiger partial charge in [0, 0.05) is 6.54 Å². The van der Waals surface area contributed by atoms with E-state index < -0.39 is 0 Å². The first-order valence-corrected chi connectivity index (χ1v) is 6.70. The van der Waals surface area contributed by atoms with Gasteiger partial charge in [0.25, 0.3) is 0 Å². The van der Waals surface area contributed by atoms with Gasteiger partial charge in [-0.1, -0.05) is 24.4 Å². The van der Waals surface area contributed by atoms with E-state index in [0.717, 1.165) is 30.6 Å². The number of carbonyl (C=O) groups is 1. The number of amides is 1. The number of rotatable bonds is 8. The van der Waals surface area contributed by atoms with Crippen LogP contribution in [0.25, 0.3) is 0 Å². The Hall–Kier alpha value is -1.62. The van der Waals surface area contributed by atoms with Crippen LogP contribution in [0.3, 0.4) is 0 Å². The summed E-state index contributed by atoms with van der Waals surface area (Å²) in [5.74, 6) is 0.783. The molecule has 0 saturated carbocycles. The molecule has 0 unspecified atom stereocenters. The van der Waals surface area contributed by atoms with Crippen LogP contribution in [0, 0.1) is 0 Å². The molecule has 0 radical (unpaired) electrons. The molecule has 5 heteroatoms. The van der Waals surface area contributed by atoms with Crippen LogP contribution < -0.4 is 15.8 Å². The maximum absolute atomic E-state index is 11.7. The fraction of sp³-hybridized carbons (Fsp3) is 0.429. The van der Waals surface area contributed by atoms with Gasteiger partial charge in [0.15, 0.2) is 0 Å². The highest BCUT2D eigenvalue weighted by molar-refractivity contribution is 7.80. The average Bonchev–Trinajstić information content (AvgIpc) is 2.38. The molecule has 0 spiro atoms. The number of methoxy groups -OCH3 is 1. The quantitative estimate of drug-likeness (QED) is 0.563. The molecule has 0 heterocycles. The summed E-state index contributed by atoms with van der Waals surface area (Å²) in [7, 11) is 1.61. The van der Waals surface area contributed by atoms with Crippen molar-refractivity contribution in [3.63, 3.8) is 0 Å². The summed E-state index contributed by atoms with van der Waals surface area (Å²) in [6.07, 6.45) is 2.91. The third kappa shape index (κ3) is 6.76. The Morgan fingerprint density at radius 1 is 1.42 bits per heavy atom. The van der Waals surface area contributed by atoms with Crippen molar-refractivity contribution in [3.05, 3.63) is 29.8 Å². The standard InChI is InChI=1S/C14H20N2O2S/c1-18-12-6-4-5-11(9-12)10-14(17)16-8-3-2-7-13(15)19/h4-6,9H,2-3,7-8,10H2,1H3,(H2,15,19)(H,16,17). The van der Waals surface area contributed by atoms with Crippen LogP contribution in [0.2, 0.25) is 0 Å². The monoisotopic (exact) mass is 280 g/mol.